The molecule has 3 aromatic rings. The van der Waals surface area contributed by atoms with Crippen LogP contribution in [0, 0.1) is 0 Å². The van der Waals surface area contributed by atoms with Crippen molar-refractivity contribution in [3.8, 4) is 11.5 Å². The summed E-state index contributed by atoms with van der Waals surface area (Å²) in [6.45, 7) is 2.15. The summed E-state index contributed by atoms with van der Waals surface area (Å²) in [5.74, 6) is 0.988. The van der Waals surface area contributed by atoms with Crippen LogP contribution < -0.4 is 10.1 Å². The number of phenols is 1. The molecule has 0 amide bonds. The van der Waals surface area contributed by atoms with Gasteiger partial charge in [0.1, 0.15) is 17.7 Å². The first-order chi connectivity index (χ1) is 15.0. The molecular weight excluding hydrogens is 476 g/mol. The van der Waals surface area contributed by atoms with Gasteiger partial charge in [0, 0.05) is 28.8 Å². The lowest BCUT2D eigenvalue weighted by molar-refractivity contribution is 0.406. The molecule has 0 bridgehead atoms. The van der Waals surface area contributed by atoms with Gasteiger partial charge in [-0.2, -0.15) is 0 Å². The minimum Gasteiger partial charge on any atom is -0.508 e. The third kappa shape index (κ3) is 4.79. The van der Waals surface area contributed by atoms with E-state index in [9.17, 15) is 5.11 Å². The molecule has 4 nitrogen and oxygen atoms in total. The first-order valence-electron chi connectivity index (χ1n) is 10.2. The number of hydrogen-bond acceptors (Lipinski definition) is 4. The average molecular weight is 500 g/mol. The number of halogens is 2. The van der Waals surface area contributed by atoms with E-state index in [0.717, 1.165) is 39.0 Å². The fourth-order valence-electron chi connectivity index (χ4n) is 3.84. The van der Waals surface area contributed by atoms with Gasteiger partial charge >= 0.3 is 0 Å². The molecule has 0 saturated heterocycles. The van der Waals surface area contributed by atoms with E-state index < -0.39 is 0 Å². The van der Waals surface area contributed by atoms with Crippen molar-refractivity contribution in [1.82, 2.24) is 5.32 Å². The molecule has 0 fully saturated rings. The summed E-state index contributed by atoms with van der Waals surface area (Å²) in [5, 5.41) is 14.7. The van der Waals surface area contributed by atoms with Crippen LogP contribution in [-0.4, -0.2) is 17.9 Å². The first-order valence-corrected chi connectivity index (χ1v) is 11.4. The monoisotopic (exact) mass is 498 g/mol. The van der Waals surface area contributed by atoms with Gasteiger partial charge in [0.2, 0.25) is 0 Å². The van der Waals surface area contributed by atoms with Crippen molar-refractivity contribution < 1.29 is 9.84 Å². The van der Waals surface area contributed by atoms with Crippen molar-refractivity contribution in [1.29, 1.82) is 0 Å². The lowest BCUT2D eigenvalue weighted by Crippen LogP contribution is -2.33. The first kappa shape index (κ1) is 21.9. The zero-order valence-electron chi connectivity index (χ0n) is 17.4. The average Bonchev–Trinajstić information content (AvgIpc) is 2.80. The predicted molar refractivity (Wildman–Crippen MR) is 129 cm³/mol. The van der Waals surface area contributed by atoms with Gasteiger partial charge in [-0.1, -0.05) is 48.9 Å². The maximum atomic E-state index is 10.5. The lowest BCUT2D eigenvalue weighted by atomic mass is 9.93. The van der Waals surface area contributed by atoms with Crippen LogP contribution in [0.2, 0.25) is 5.02 Å². The molecule has 160 valence electrons. The van der Waals surface area contributed by atoms with Crippen molar-refractivity contribution in [2.75, 3.05) is 7.11 Å². The number of methoxy groups -OCH3 is 1. The molecular formula is C25H24BrClN2O2. The summed E-state index contributed by atoms with van der Waals surface area (Å²) < 4.78 is 6.23. The maximum Gasteiger partial charge on any atom is 0.133 e. The van der Waals surface area contributed by atoms with Gasteiger partial charge in [-0.05, 0) is 69.4 Å². The van der Waals surface area contributed by atoms with Crippen LogP contribution in [-0.2, 0) is 6.42 Å². The van der Waals surface area contributed by atoms with Crippen LogP contribution in [0.15, 0.2) is 70.1 Å². The Kier molecular flexibility index (Phi) is 6.65. The van der Waals surface area contributed by atoms with E-state index >= 15 is 0 Å². The summed E-state index contributed by atoms with van der Waals surface area (Å²) in [7, 11) is 1.65. The molecule has 0 aliphatic carbocycles. The Bertz CT molecular complexity index is 1120. The van der Waals surface area contributed by atoms with E-state index in [1.54, 1.807) is 19.2 Å². The number of nitrogens with zero attached hydrogens (tertiary/aromatic N) is 1. The summed E-state index contributed by atoms with van der Waals surface area (Å²) >= 11 is 9.81. The molecule has 2 N–H and O–H groups in total. The van der Waals surface area contributed by atoms with Gasteiger partial charge in [0.05, 0.1) is 11.6 Å². The number of rotatable bonds is 5. The minimum absolute atomic E-state index is 0.136. The van der Waals surface area contributed by atoms with Crippen molar-refractivity contribution in [3.05, 3.63) is 92.4 Å². The zero-order chi connectivity index (χ0) is 22.0. The van der Waals surface area contributed by atoms with Gasteiger partial charge in [0.25, 0.3) is 0 Å². The number of phenolic OH excluding ortho intramolecular Hbond substituents is 1. The largest absolute Gasteiger partial charge is 0.508 e. The van der Waals surface area contributed by atoms with Gasteiger partial charge in [0.15, 0.2) is 0 Å². The van der Waals surface area contributed by atoms with Crippen LogP contribution in [0.25, 0.3) is 0 Å². The van der Waals surface area contributed by atoms with Gasteiger partial charge in [-0.3, -0.25) is 10.3 Å². The number of hydrogen-bond donors (Lipinski definition) is 2. The van der Waals surface area contributed by atoms with Gasteiger partial charge < -0.3 is 9.84 Å². The Labute approximate surface area is 196 Å². The smallest absolute Gasteiger partial charge is 0.133 e. The van der Waals surface area contributed by atoms with E-state index in [1.165, 1.54) is 5.56 Å². The molecule has 2 atom stereocenters. The third-order valence-electron chi connectivity index (χ3n) is 5.59. The maximum absolute atomic E-state index is 10.5. The quantitative estimate of drug-likeness (QED) is 0.416. The molecule has 3 aromatic carbocycles. The fraction of sp³-hybridized carbons (Fsp3) is 0.240. The third-order valence-corrected chi connectivity index (χ3v) is 6.45. The SMILES string of the molecule is CCc1ccc(C2=N[C@H](c3ccc(OC)c(Br)c3)N[C@@H](c3cc(Cl)ccc3O)C2)cc1. The van der Waals surface area contributed by atoms with E-state index in [1.807, 2.05) is 24.3 Å². The second-order valence-corrected chi connectivity index (χ2v) is 8.84. The Morgan fingerprint density at radius 1 is 1.13 bits per heavy atom. The number of nitrogens with one attached hydrogen (secondary N) is 1. The lowest BCUT2D eigenvalue weighted by Gasteiger charge is -2.31. The second-order valence-electron chi connectivity index (χ2n) is 7.55. The number of ether oxygens (including phenoxy) is 1. The van der Waals surface area contributed by atoms with Crippen molar-refractivity contribution in [2.45, 2.75) is 32.0 Å². The number of aromatic hydroxyl groups is 1. The molecule has 6 heteroatoms. The van der Waals surface area contributed by atoms with Crippen molar-refractivity contribution >= 4 is 33.2 Å². The van der Waals surface area contributed by atoms with Gasteiger partial charge in [-0.15, -0.1) is 0 Å². The normalized spacial score (nSPS) is 18.5. The minimum atomic E-state index is -0.278. The molecule has 0 saturated carbocycles. The van der Waals surface area contributed by atoms with Crippen LogP contribution in [0.4, 0.5) is 0 Å². The van der Waals surface area contributed by atoms with Crippen LogP contribution >= 0.6 is 27.5 Å². The molecule has 1 heterocycles. The number of aliphatic imine (C=N–C) groups is 1. The van der Waals surface area contributed by atoms with Crippen molar-refractivity contribution in [2.24, 2.45) is 4.99 Å². The van der Waals surface area contributed by atoms with E-state index in [-0.39, 0.29) is 18.0 Å². The topological polar surface area (TPSA) is 53.8 Å². The van der Waals surface area contributed by atoms with Crippen LogP contribution in [0.1, 0.15) is 47.8 Å². The summed E-state index contributed by atoms with van der Waals surface area (Å²) in [6.07, 6.45) is 1.36. The van der Waals surface area contributed by atoms with E-state index in [2.05, 4.69) is 52.4 Å². The second kappa shape index (κ2) is 9.43. The Balaban J connectivity index is 1.76. The molecule has 4 rings (SSSR count). The van der Waals surface area contributed by atoms with Crippen molar-refractivity contribution in [3.63, 3.8) is 0 Å². The highest BCUT2D eigenvalue weighted by molar-refractivity contribution is 9.10. The van der Waals surface area contributed by atoms with E-state index in [0.29, 0.717) is 11.4 Å². The summed E-state index contributed by atoms with van der Waals surface area (Å²) in [6, 6.07) is 19.5. The summed E-state index contributed by atoms with van der Waals surface area (Å²) in [4.78, 5) is 5.03. The number of aryl methyl sites for hydroxylation is 1. The van der Waals surface area contributed by atoms with Gasteiger partial charge in [-0.25, -0.2) is 0 Å². The Hall–Kier alpha value is -2.34. The zero-order valence-corrected chi connectivity index (χ0v) is 19.7. The fourth-order valence-corrected chi connectivity index (χ4v) is 4.58. The molecule has 0 radical (unpaired) electrons. The predicted octanol–water partition coefficient (Wildman–Crippen LogP) is 6.60. The summed E-state index contributed by atoms with van der Waals surface area (Å²) in [5.41, 5.74) is 5.13. The highest BCUT2D eigenvalue weighted by atomic mass is 79.9. The Morgan fingerprint density at radius 3 is 2.58 bits per heavy atom. The van der Waals surface area contributed by atoms with Crippen LogP contribution in [0.3, 0.4) is 0 Å². The molecule has 1 aliphatic rings. The number of benzene rings is 3. The highest BCUT2D eigenvalue weighted by Crippen LogP contribution is 2.37. The Morgan fingerprint density at radius 2 is 1.90 bits per heavy atom. The molecule has 0 aromatic heterocycles. The molecule has 1 aliphatic heterocycles. The highest BCUT2D eigenvalue weighted by Gasteiger charge is 2.28. The standard InChI is InChI=1S/C25H24BrClN2O2/c1-3-15-4-6-16(7-5-15)21-14-22(19-13-18(27)9-10-23(19)30)29-25(28-21)17-8-11-24(31-2)20(26)12-17/h4-13,22,25,29-30H,3,14H2,1-2H3/t22-,25+/m1/s1. The molecule has 0 spiro atoms. The molecule has 31 heavy (non-hydrogen) atoms. The van der Waals surface area contributed by atoms with E-state index in [4.69, 9.17) is 21.3 Å². The molecule has 0 unspecified atom stereocenters. The van der Waals surface area contributed by atoms with Crippen LogP contribution in [0.5, 0.6) is 11.5 Å².